The highest BCUT2D eigenvalue weighted by Crippen LogP contribution is 2.24. The zero-order valence-corrected chi connectivity index (χ0v) is 9.01. The maximum atomic E-state index is 11.6. The molecule has 1 unspecified atom stereocenters. The number of nitrogens with one attached hydrogen (secondary N) is 1. The number of Topliss-reactive ketones (excluding diaryl/α,β-unsaturated/α-hetero) is 1. The quantitative estimate of drug-likeness (QED) is 0.767. The Hall–Kier alpha value is -1.32. The fourth-order valence-electron chi connectivity index (χ4n) is 1.50. The minimum atomic E-state index is -0.486. The van der Waals surface area contributed by atoms with E-state index in [1.54, 1.807) is 25.3 Å². The second kappa shape index (κ2) is 3.68. The van der Waals surface area contributed by atoms with Crippen molar-refractivity contribution in [2.75, 3.05) is 0 Å². The summed E-state index contributed by atoms with van der Waals surface area (Å²) in [6.07, 6.45) is 1.70. The van der Waals surface area contributed by atoms with E-state index in [9.17, 15) is 4.79 Å². The van der Waals surface area contributed by atoms with E-state index < -0.39 is 6.04 Å². The molecule has 0 aliphatic carbocycles. The summed E-state index contributed by atoms with van der Waals surface area (Å²) >= 11 is 5.96. The van der Waals surface area contributed by atoms with Crippen LogP contribution in [-0.4, -0.2) is 16.8 Å². The van der Waals surface area contributed by atoms with Crippen molar-refractivity contribution in [3.05, 3.63) is 35.0 Å². The van der Waals surface area contributed by atoms with E-state index in [-0.39, 0.29) is 5.78 Å². The van der Waals surface area contributed by atoms with Gasteiger partial charge in [-0.25, -0.2) is 0 Å². The summed E-state index contributed by atoms with van der Waals surface area (Å²) in [7, 11) is 0. The van der Waals surface area contributed by atoms with Gasteiger partial charge >= 0.3 is 0 Å². The molecule has 3 nitrogen and oxygen atoms in total. The Morgan fingerprint density at radius 2 is 2.27 bits per heavy atom. The van der Waals surface area contributed by atoms with Crippen molar-refractivity contribution in [3.63, 3.8) is 0 Å². The van der Waals surface area contributed by atoms with E-state index in [0.717, 1.165) is 10.9 Å². The molecule has 0 saturated carbocycles. The average Bonchev–Trinajstić information content (AvgIpc) is 2.59. The number of aromatic nitrogens is 1. The van der Waals surface area contributed by atoms with Gasteiger partial charge in [-0.2, -0.15) is 0 Å². The van der Waals surface area contributed by atoms with Crippen molar-refractivity contribution in [1.29, 1.82) is 0 Å². The zero-order chi connectivity index (χ0) is 11.0. The smallest absolute Gasteiger partial charge is 0.179 e. The number of hydrogen-bond acceptors (Lipinski definition) is 2. The van der Waals surface area contributed by atoms with Crippen LogP contribution in [0, 0.1) is 0 Å². The van der Waals surface area contributed by atoms with Crippen LogP contribution in [0.25, 0.3) is 10.9 Å². The number of H-pyrrole nitrogens is 1. The maximum Gasteiger partial charge on any atom is 0.179 e. The lowest BCUT2D eigenvalue weighted by molar-refractivity contribution is 0.0968. The number of aromatic amines is 1. The molecule has 1 aromatic heterocycles. The lowest BCUT2D eigenvalue weighted by Gasteiger charge is -2.04. The first-order valence-corrected chi connectivity index (χ1v) is 5.04. The highest BCUT2D eigenvalue weighted by atomic mass is 35.5. The largest absolute Gasteiger partial charge is 0.360 e. The summed E-state index contributed by atoms with van der Waals surface area (Å²) in [6, 6.07) is 4.86. The molecule has 3 N–H and O–H groups in total. The van der Waals surface area contributed by atoms with Crippen LogP contribution in [-0.2, 0) is 0 Å². The van der Waals surface area contributed by atoms with Gasteiger partial charge in [0.2, 0.25) is 0 Å². The summed E-state index contributed by atoms with van der Waals surface area (Å²) < 4.78 is 0. The third kappa shape index (κ3) is 1.76. The fraction of sp³-hybridized carbons (Fsp3) is 0.182. The molecule has 0 saturated heterocycles. The van der Waals surface area contributed by atoms with E-state index in [1.165, 1.54) is 0 Å². The van der Waals surface area contributed by atoms with Crippen LogP contribution in [0.3, 0.4) is 0 Å². The van der Waals surface area contributed by atoms with Crippen molar-refractivity contribution in [2.45, 2.75) is 13.0 Å². The van der Waals surface area contributed by atoms with Gasteiger partial charge in [0, 0.05) is 22.7 Å². The molecule has 1 atom stereocenters. The topological polar surface area (TPSA) is 58.9 Å². The molecule has 1 heterocycles. The predicted molar refractivity (Wildman–Crippen MR) is 61.3 cm³/mol. The second-order valence-electron chi connectivity index (χ2n) is 3.55. The standard InChI is InChI=1S/C11H11ClN2O/c1-6(13)11(15)7-2-3-10-8(4-7)9(12)5-14-10/h2-6,14H,13H2,1H3. The lowest BCUT2D eigenvalue weighted by Crippen LogP contribution is -2.26. The number of ketones is 1. The molecule has 0 amide bonds. The molecule has 78 valence electrons. The number of fused-ring (bicyclic) bond motifs is 1. The van der Waals surface area contributed by atoms with E-state index in [4.69, 9.17) is 17.3 Å². The van der Waals surface area contributed by atoms with Crippen molar-refractivity contribution in [2.24, 2.45) is 5.73 Å². The van der Waals surface area contributed by atoms with Gasteiger partial charge < -0.3 is 10.7 Å². The van der Waals surface area contributed by atoms with Crippen molar-refractivity contribution in [3.8, 4) is 0 Å². The van der Waals surface area contributed by atoms with Gasteiger partial charge in [0.15, 0.2) is 5.78 Å². The SMILES string of the molecule is CC(N)C(=O)c1ccc2[nH]cc(Cl)c2c1. The minimum Gasteiger partial charge on any atom is -0.360 e. The summed E-state index contributed by atoms with van der Waals surface area (Å²) in [5.41, 5.74) is 7.05. The molecule has 1 aromatic carbocycles. The van der Waals surface area contributed by atoms with Crippen molar-refractivity contribution < 1.29 is 4.79 Å². The first-order chi connectivity index (χ1) is 7.09. The molecule has 0 bridgehead atoms. The minimum absolute atomic E-state index is 0.0748. The van der Waals surface area contributed by atoms with Crippen molar-refractivity contribution >= 4 is 28.3 Å². The Bertz CT molecular complexity index is 516. The van der Waals surface area contributed by atoms with Gasteiger partial charge in [0.25, 0.3) is 0 Å². The zero-order valence-electron chi connectivity index (χ0n) is 8.25. The average molecular weight is 223 g/mol. The summed E-state index contributed by atoms with van der Waals surface area (Å²) in [6.45, 7) is 1.67. The number of benzene rings is 1. The van der Waals surface area contributed by atoms with E-state index in [0.29, 0.717) is 10.6 Å². The van der Waals surface area contributed by atoms with Crippen LogP contribution < -0.4 is 5.73 Å². The van der Waals surface area contributed by atoms with E-state index in [1.807, 2.05) is 6.07 Å². The normalized spacial score (nSPS) is 13.0. The number of carbonyl (C=O) groups is 1. The molecule has 0 fully saturated rings. The van der Waals surface area contributed by atoms with E-state index in [2.05, 4.69) is 4.98 Å². The Morgan fingerprint density at radius 3 is 2.93 bits per heavy atom. The molecule has 2 rings (SSSR count). The highest BCUT2D eigenvalue weighted by molar-refractivity contribution is 6.35. The Morgan fingerprint density at radius 1 is 1.53 bits per heavy atom. The summed E-state index contributed by atoms with van der Waals surface area (Å²) in [4.78, 5) is 14.7. The number of nitrogens with two attached hydrogens (primary N) is 1. The second-order valence-corrected chi connectivity index (χ2v) is 3.96. The van der Waals surface area contributed by atoms with Crippen LogP contribution in [0.5, 0.6) is 0 Å². The van der Waals surface area contributed by atoms with Crippen LogP contribution in [0.15, 0.2) is 24.4 Å². The van der Waals surface area contributed by atoms with Crippen LogP contribution >= 0.6 is 11.6 Å². The Labute approximate surface area is 92.2 Å². The molecule has 0 radical (unpaired) electrons. The van der Waals surface area contributed by atoms with Gasteiger partial charge in [-0.15, -0.1) is 0 Å². The molecule has 0 aliphatic heterocycles. The molecular weight excluding hydrogens is 212 g/mol. The van der Waals surface area contributed by atoms with E-state index >= 15 is 0 Å². The summed E-state index contributed by atoms with van der Waals surface area (Å²) in [5, 5.41) is 1.47. The molecule has 2 aromatic rings. The van der Waals surface area contributed by atoms with Crippen LogP contribution in [0.1, 0.15) is 17.3 Å². The highest BCUT2D eigenvalue weighted by Gasteiger charge is 2.12. The Kier molecular flexibility index (Phi) is 2.50. The molecule has 15 heavy (non-hydrogen) atoms. The van der Waals surface area contributed by atoms with Gasteiger partial charge in [-0.1, -0.05) is 11.6 Å². The van der Waals surface area contributed by atoms with Gasteiger partial charge in [0.05, 0.1) is 11.1 Å². The van der Waals surface area contributed by atoms with Crippen molar-refractivity contribution in [1.82, 2.24) is 4.98 Å². The molecule has 0 aliphatic rings. The van der Waals surface area contributed by atoms with Gasteiger partial charge in [-0.3, -0.25) is 4.79 Å². The fourth-order valence-corrected chi connectivity index (χ4v) is 1.71. The number of carbonyl (C=O) groups excluding carboxylic acids is 1. The first-order valence-electron chi connectivity index (χ1n) is 4.66. The number of hydrogen-bond donors (Lipinski definition) is 2. The monoisotopic (exact) mass is 222 g/mol. The number of halogens is 1. The number of rotatable bonds is 2. The lowest BCUT2D eigenvalue weighted by atomic mass is 10.0. The van der Waals surface area contributed by atoms with Crippen LogP contribution in [0.2, 0.25) is 5.02 Å². The first kappa shape index (κ1) is 10.2. The molecular formula is C11H11ClN2O. The summed E-state index contributed by atoms with van der Waals surface area (Å²) in [5.74, 6) is -0.0748. The molecule has 4 heteroatoms. The Balaban J connectivity index is 2.55. The third-order valence-electron chi connectivity index (χ3n) is 2.33. The predicted octanol–water partition coefficient (Wildman–Crippen LogP) is 2.35. The van der Waals surface area contributed by atoms with Gasteiger partial charge in [-0.05, 0) is 25.1 Å². The van der Waals surface area contributed by atoms with Crippen LogP contribution in [0.4, 0.5) is 0 Å². The molecule has 0 spiro atoms. The maximum absolute atomic E-state index is 11.6. The third-order valence-corrected chi connectivity index (χ3v) is 2.64. The van der Waals surface area contributed by atoms with Gasteiger partial charge in [0.1, 0.15) is 0 Å².